The van der Waals surface area contributed by atoms with Crippen LogP contribution in [-0.2, 0) is 0 Å². The Morgan fingerprint density at radius 2 is 2.00 bits per heavy atom. The van der Waals surface area contributed by atoms with E-state index in [1.807, 2.05) is 6.07 Å². The fourth-order valence-corrected chi connectivity index (χ4v) is 3.50. The van der Waals surface area contributed by atoms with Crippen molar-refractivity contribution < 1.29 is 10.0 Å². The van der Waals surface area contributed by atoms with Crippen LogP contribution in [0.15, 0.2) is 18.2 Å². The monoisotopic (exact) mass is 273 g/mol. The van der Waals surface area contributed by atoms with Crippen molar-refractivity contribution >= 4 is 11.4 Å². The molecule has 2 aliphatic rings. The van der Waals surface area contributed by atoms with Gasteiger partial charge in [0.1, 0.15) is 5.69 Å². The number of nitrogens with zero attached hydrogens (tertiary/aromatic N) is 3. The van der Waals surface area contributed by atoms with Crippen molar-refractivity contribution in [2.24, 2.45) is 0 Å². The van der Waals surface area contributed by atoms with Gasteiger partial charge < -0.3 is 10.0 Å². The number of rotatable bonds is 2. The van der Waals surface area contributed by atoms with Gasteiger partial charge in [-0.1, -0.05) is 0 Å². The molecule has 3 rings (SSSR count). The highest BCUT2D eigenvalue weighted by Gasteiger charge is 2.42. The molecule has 1 aromatic rings. The zero-order valence-electron chi connectivity index (χ0n) is 10.9. The largest absolute Gasteiger partial charge is 0.393 e. The number of nitro groups is 1. The average Bonchev–Trinajstić information content (AvgIpc) is 2.69. The first-order valence-electron chi connectivity index (χ1n) is 6.75. The van der Waals surface area contributed by atoms with Crippen LogP contribution in [0.2, 0.25) is 0 Å². The molecule has 2 aliphatic heterocycles. The fraction of sp³-hybridized carbons (Fsp3) is 0.500. The topological polar surface area (TPSA) is 90.4 Å². The van der Waals surface area contributed by atoms with Gasteiger partial charge >= 0.3 is 0 Å². The van der Waals surface area contributed by atoms with Crippen LogP contribution >= 0.6 is 0 Å². The first kappa shape index (κ1) is 12.9. The molecule has 20 heavy (non-hydrogen) atoms. The van der Waals surface area contributed by atoms with Crippen LogP contribution < -0.4 is 4.90 Å². The maximum atomic E-state index is 11.3. The van der Waals surface area contributed by atoms with Crippen molar-refractivity contribution in [3.05, 3.63) is 33.9 Å². The number of piperidine rings is 1. The quantitative estimate of drug-likeness (QED) is 0.657. The second-order valence-electron chi connectivity index (χ2n) is 5.49. The van der Waals surface area contributed by atoms with Crippen molar-refractivity contribution in [2.45, 2.75) is 43.9 Å². The standard InChI is InChI=1S/C14H15N3O3/c15-8-9-1-4-13(14(5-9)17(19)20)16-10-2-3-11(16)7-12(18)6-10/h1,4-5,10-12,18H,2-3,6-7H2. The molecular formula is C14H15N3O3. The highest BCUT2D eigenvalue weighted by atomic mass is 16.6. The summed E-state index contributed by atoms with van der Waals surface area (Å²) in [5.74, 6) is 0. The highest BCUT2D eigenvalue weighted by Crippen LogP contribution is 2.42. The molecule has 1 aromatic carbocycles. The number of aliphatic hydroxyl groups excluding tert-OH is 1. The number of benzene rings is 1. The van der Waals surface area contributed by atoms with E-state index in [9.17, 15) is 15.2 Å². The van der Waals surface area contributed by atoms with Crippen LogP contribution in [0, 0.1) is 21.4 Å². The fourth-order valence-electron chi connectivity index (χ4n) is 3.50. The molecule has 6 nitrogen and oxygen atoms in total. The van der Waals surface area contributed by atoms with E-state index in [4.69, 9.17) is 5.26 Å². The first-order valence-corrected chi connectivity index (χ1v) is 6.75. The molecule has 2 saturated heterocycles. The summed E-state index contributed by atoms with van der Waals surface area (Å²) in [5.41, 5.74) is 0.857. The lowest BCUT2D eigenvalue weighted by Gasteiger charge is -2.38. The summed E-state index contributed by atoms with van der Waals surface area (Å²) in [5, 5.41) is 29.9. The van der Waals surface area contributed by atoms with Gasteiger partial charge in [-0.3, -0.25) is 10.1 Å². The van der Waals surface area contributed by atoms with E-state index in [2.05, 4.69) is 4.90 Å². The van der Waals surface area contributed by atoms with Crippen LogP contribution in [0.4, 0.5) is 11.4 Å². The molecule has 0 aromatic heterocycles. The molecule has 0 radical (unpaired) electrons. The van der Waals surface area contributed by atoms with Crippen LogP contribution in [-0.4, -0.2) is 28.2 Å². The van der Waals surface area contributed by atoms with Crippen molar-refractivity contribution in [1.82, 2.24) is 0 Å². The molecule has 6 heteroatoms. The molecule has 0 spiro atoms. The van der Waals surface area contributed by atoms with Gasteiger partial charge in [-0.2, -0.15) is 5.26 Å². The molecule has 104 valence electrons. The molecule has 2 unspecified atom stereocenters. The lowest BCUT2D eigenvalue weighted by molar-refractivity contribution is -0.384. The summed E-state index contributed by atoms with van der Waals surface area (Å²) in [6.45, 7) is 0. The molecule has 0 aliphatic carbocycles. The Balaban J connectivity index is 2.03. The maximum absolute atomic E-state index is 11.3. The number of anilines is 1. The summed E-state index contributed by atoms with van der Waals surface area (Å²) in [7, 11) is 0. The Bertz CT molecular complexity index is 582. The summed E-state index contributed by atoms with van der Waals surface area (Å²) < 4.78 is 0. The Kier molecular flexibility index (Phi) is 3.07. The molecule has 0 saturated carbocycles. The number of fused-ring (bicyclic) bond motifs is 2. The zero-order chi connectivity index (χ0) is 14.3. The minimum Gasteiger partial charge on any atom is -0.393 e. The van der Waals surface area contributed by atoms with E-state index >= 15 is 0 Å². The number of nitro benzene ring substituents is 1. The van der Waals surface area contributed by atoms with Gasteiger partial charge in [0, 0.05) is 18.2 Å². The van der Waals surface area contributed by atoms with Crippen molar-refractivity contribution in [2.75, 3.05) is 4.90 Å². The number of hydrogen-bond donors (Lipinski definition) is 1. The van der Waals surface area contributed by atoms with Crippen molar-refractivity contribution in [3.63, 3.8) is 0 Å². The lowest BCUT2D eigenvalue weighted by Crippen LogP contribution is -2.45. The lowest BCUT2D eigenvalue weighted by atomic mass is 9.98. The summed E-state index contributed by atoms with van der Waals surface area (Å²) >= 11 is 0. The van der Waals surface area contributed by atoms with E-state index in [1.54, 1.807) is 12.1 Å². The van der Waals surface area contributed by atoms with Crippen LogP contribution in [0.3, 0.4) is 0 Å². The highest BCUT2D eigenvalue weighted by molar-refractivity contribution is 5.67. The number of nitriles is 1. The Labute approximate surface area is 116 Å². The molecular weight excluding hydrogens is 258 g/mol. The second kappa shape index (κ2) is 4.76. The maximum Gasteiger partial charge on any atom is 0.293 e. The van der Waals surface area contributed by atoms with Gasteiger partial charge in [-0.15, -0.1) is 0 Å². The van der Waals surface area contributed by atoms with Gasteiger partial charge in [0.05, 0.1) is 22.7 Å². The third kappa shape index (κ3) is 2.00. The molecule has 2 heterocycles. The van der Waals surface area contributed by atoms with Gasteiger partial charge in [0.25, 0.3) is 5.69 Å². The second-order valence-corrected chi connectivity index (χ2v) is 5.49. The molecule has 0 amide bonds. The molecule has 2 bridgehead atoms. The third-order valence-electron chi connectivity index (χ3n) is 4.29. The number of aliphatic hydroxyl groups is 1. The van der Waals surface area contributed by atoms with Crippen molar-refractivity contribution in [1.29, 1.82) is 5.26 Å². The van der Waals surface area contributed by atoms with E-state index in [0.717, 1.165) is 12.8 Å². The van der Waals surface area contributed by atoms with Gasteiger partial charge in [0.15, 0.2) is 0 Å². The Hall–Kier alpha value is -2.13. The zero-order valence-corrected chi connectivity index (χ0v) is 10.9. The summed E-state index contributed by atoms with van der Waals surface area (Å²) in [6, 6.07) is 6.88. The predicted molar refractivity (Wildman–Crippen MR) is 72.3 cm³/mol. The SMILES string of the molecule is N#Cc1ccc(N2C3CCC2CC(O)C3)c([N+](=O)[O-])c1. The minimum atomic E-state index is -0.430. The minimum absolute atomic E-state index is 0.0164. The molecule has 2 fully saturated rings. The Morgan fingerprint density at radius 1 is 1.35 bits per heavy atom. The normalized spacial score (nSPS) is 28.2. The Morgan fingerprint density at radius 3 is 2.55 bits per heavy atom. The van der Waals surface area contributed by atoms with E-state index in [-0.39, 0.29) is 23.9 Å². The first-order chi connectivity index (χ1) is 9.60. The summed E-state index contributed by atoms with van der Waals surface area (Å²) in [6.07, 6.45) is 2.93. The third-order valence-corrected chi connectivity index (χ3v) is 4.29. The van der Waals surface area contributed by atoms with Crippen molar-refractivity contribution in [3.8, 4) is 6.07 Å². The van der Waals surface area contributed by atoms with E-state index in [1.165, 1.54) is 6.07 Å². The molecule has 2 atom stereocenters. The van der Waals surface area contributed by atoms with Crippen LogP contribution in [0.5, 0.6) is 0 Å². The number of hydrogen-bond acceptors (Lipinski definition) is 5. The van der Waals surface area contributed by atoms with E-state index in [0.29, 0.717) is 24.1 Å². The smallest absolute Gasteiger partial charge is 0.293 e. The van der Waals surface area contributed by atoms with Crippen LogP contribution in [0.1, 0.15) is 31.2 Å². The van der Waals surface area contributed by atoms with E-state index < -0.39 is 4.92 Å². The van der Waals surface area contributed by atoms with Gasteiger partial charge in [-0.25, -0.2) is 0 Å². The summed E-state index contributed by atoms with van der Waals surface area (Å²) in [4.78, 5) is 12.9. The van der Waals surface area contributed by atoms with Gasteiger partial charge in [-0.05, 0) is 37.8 Å². The average molecular weight is 273 g/mol. The van der Waals surface area contributed by atoms with Gasteiger partial charge in [0.2, 0.25) is 0 Å². The predicted octanol–water partition coefficient (Wildman–Crippen LogP) is 1.96. The van der Waals surface area contributed by atoms with Crippen LogP contribution in [0.25, 0.3) is 0 Å². The molecule has 1 N–H and O–H groups in total.